The van der Waals surface area contributed by atoms with Crippen molar-refractivity contribution >= 4 is 40.1 Å². The Morgan fingerprint density at radius 1 is 1.09 bits per heavy atom. The molecule has 1 radical (unpaired) electrons. The van der Waals surface area contributed by atoms with E-state index in [1.165, 1.54) is 38.9 Å². The predicted octanol–water partition coefficient (Wildman–Crippen LogP) is 4.02. The van der Waals surface area contributed by atoms with Crippen molar-refractivity contribution in [1.82, 2.24) is 14.9 Å². The molecule has 0 amide bonds. The summed E-state index contributed by atoms with van der Waals surface area (Å²) in [6, 6.07) is 3.45. The summed E-state index contributed by atoms with van der Waals surface area (Å²) in [6.07, 6.45) is 7.93. The molecule has 1 fully saturated rings. The molecule has 1 aliphatic rings. The fourth-order valence-corrected chi connectivity index (χ4v) is 3.03. The van der Waals surface area contributed by atoms with E-state index in [1.807, 2.05) is 0 Å². The number of unbranched alkanes of at least 4 members (excludes halogenated alkanes) is 1. The molecule has 0 unspecified atom stereocenters. The molecule has 2 aromatic rings. The van der Waals surface area contributed by atoms with Gasteiger partial charge < -0.3 is 10.2 Å². The minimum Gasteiger partial charge on any atom is -0.368 e. The van der Waals surface area contributed by atoms with Crippen molar-refractivity contribution in [2.45, 2.75) is 25.7 Å². The van der Waals surface area contributed by atoms with Gasteiger partial charge in [-0.25, -0.2) is 9.97 Å². The van der Waals surface area contributed by atoms with Gasteiger partial charge in [0.2, 0.25) is 0 Å². The number of anilines is 1. The highest BCUT2D eigenvalue weighted by atomic mass is 35.5. The van der Waals surface area contributed by atoms with E-state index in [0.29, 0.717) is 21.4 Å². The van der Waals surface area contributed by atoms with Crippen LogP contribution in [0.5, 0.6) is 0 Å². The van der Waals surface area contributed by atoms with Crippen LogP contribution in [-0.4, -0.2) is 41.0 Å². The van der Waals surface area contributed by atoms with Gasteiger partial charge in [-0.1, -0.05) is 23.2 Å². The topological polar surface area (TPSA) is 41.1 Å². The van der Waals surface area contributed by atoms with Crippen molar-refractivity contribution < 1.29 is 0 Å². The summed E-state index contributed by atoms with van der Waals surface area (Å²) in [4.78, 5) is 11.2. The van der Waals surface area contributed by atoms with E-state index in [-0.39, 0.29) is 0 Å². The first-order valence-electron chi connectivity index (χ1n) is 7.73. The molecular weight excluding hydrogens is 319 g/mol. The van der Waals surface area contributed by atoms with E-state index in [9.17, 15) is 0 Å². The number of likely N-dealkylation sites (tertiary alicyclic amines) is 1. The lowest BCUT2D eigenvalue weighted by atomic mass is 10.3. The summed E-state index contributed by atoms with van der Waals surface area (Å²) in [6.45, 7) is 4.61. The van der Waals surface area contributed by atoms with Crippen LogP contribution in [0, 0.1) is 6.20 Å². The summed E-state index contributed by atoms with van der Waals surface area (Å²) < 4.78 is 0. The lowest BCUT2D eigenvalue weighted by Gasteiger charge is -2.14. The highest BCUT2D eigenvalue weighted by molar-refractivity contribution is 6.42. The first-order valence-corrected chi connectivity index (χ1v) is 8.49. The van der Waals surface area contributed by atoms with E-state index < -0.39 is 0 Å². The molecule has 0 spiro atoms. The van der Waals surface area contributed by atoms with Gasteiger partial charge in [0.05, 0.1) is 21.1 Å². The number of nitrogens with zero attached hydrogens (tertiary/aromatic N) is 3. The van der Waals surface area contributed by atoms with Crippen LogP contribution in [0.15, 0.2) is 12.1 Å². The van der Waals surface area contributed by atoms with E-state index in [2.05, 4.69) is 26.4 Å². The molecular formula is C16H19Cl2N4. The molecule has 6 heteroatoms. The molecule has 1 aromatic carbocycles. The van der Waals surface area contributed by atoms with Gasteiger partial charge in [0, 0.05) is 6.54 Å². The molecule has 1 saturated heterocycles. The second-order valence-corrected chi connectivity index (χ2v) is 6.44. The molecule has 1 aromatic heterocycles. The van der Waals surface area contributed by atoms with Gasteiger partial charge in [0.1, 0.15) is 6.20 Å². The van der Waals surface area contributed by atoms with E-state index in [4.69, 9.17) is 23.2 Å². The number of rotatable bonds is 6. The highest BCUT2D eigenvalue weighted by Crippen LogP contribution is 2.26. The van der Waals surface area contributed by atoms with Gasteiger partial charge in [-0.3, -0.25) is 0 Å². The average Bonchev–Trinajstić information content (AvgIpc) is 3.01. The first kappa shape index (κ1) is 15.8. The fourth-order valence-electron chi connectivity index (χ4n) is 2.72. The normalized spacial score (nSPS) is 15.5. The SMILES string of the molecule is Clc1cc2n[c]c(NCCCCN3CCCC3)nc2cc1Cl. The first-order chi connectivity index (χ1) is 10.7. The smallest absolute Gasteiger partial charge is 0.155 e. The van der Waals surface area contributed by atoms with Gasteiger partial charge >= 0.3 is 0 Å². The Balaban J connectivity index is 1.49. The van der Waals surface area contributed by atoms with Crippen LogP contribution in [0.1, 0.15) is 25.7 Å². The Morgan fingerprint density at radius 2 is 1.82 bits per heavy atom. The summed E-state index contributed by atoms with van der Waals surface area (Å²) in [5, 5.41) is 4.25. The number of fused-ring (bicyclic) bond motifs is 1. The Hall–Kier alpha value is -1.10. The molecule has 117 valence electrons. The molecule has 4 nitrogen and oxygen atoms in total. The van der Waals surface area contributed by atoms with Crippen LogP contribution < -0.4 is 5.32 Å². The third-order valence-electron chi connectivity index (χ3n) is 3.92. The molecule has 0 aliphatic carbocycles. The maximum absolute atomic E-state index is 6.01. The molecule has 1 aliphatic heterocycles. The average molecular weight is 338 g/mol. The van der Waals surface area contributed by atoms with Crippen LogP contribution in [0.2, 0.25) is 10.0 Å². The Labute approximate surface area is 140 Å². The zero-order valence-electron chi connectivity index (χ0n) is 12.4. The number of aromatic nitrogens is 2. The predicted molar refractivity (Wildman–Crippen MR) is 91.8 cm³/mol. The van der Waals surface area contributed by atoms with Crippen molar-refractivity contribution in [3.63, 3.8) is 0 Å². The number of halogens is 2. The zero-order valence-corrected chi connectivity index (χ0v) is 13.9. The molecule has 0 saturated carbocycles. The van der Waals surface area contributed by atoms with Crippen molar-refractivity contribution in [1.29, 1.82) is 0 Å². The third-order valence-corrected chi connectivity index (χ3v) is 4.65. The fraction of sp³-hybridized carbons (Fsp3) is 0.500. The minimum absolute atomic E-state index is 0.486. The van der Waals surface area contributed by atoms with Gasteiger partial charge in [-0.05, 0) is 57.5 Å². The van der Waals surface area contributed by atoms with Crippen LogP contribution in [0.3, 0.4) is 0 Å². The summed E-state index contributed by atoms with van der Waals surface area (Å²) in [5.74, 6) is 0.659. The zero-order chi connectivity index (χ0) is 15.4. The minimum atomic E-state index is 0.486. The number of benzene rings is 1. The molecule has 2 heterocycles. The van der Waals surface area contributed by atoms with Gasteiger partial charge in [-0.15, -0.1) is 0 Å². The van der Waals surface area contributed by atoms with Crippen LogP contribution >= 0.6 is 23.2 Å². The summed E-state index contributed by atoms with van der Waals surface area (Å²) in [7, 11) is 0. The van der Waals surface area contributed by atoms with Crippen molar-refractivity contribution in [3.05, 3.63) is 28.4 Å². The number of hydrogen-bond acceptors (Lipinski definition) is 4. The van der Waals surface area contributed by atoms with Gasteiger partial charge in [0.15, 0.2) is 5.82 Å². The van der Waals surface area contributed by atoms with Crippen molar-refractivity contribution in [2.24, 2.45) is 0 Å². The Bertz CT molecular complexity index is 641. The summed E-state index contributed by atoms with van der Waals surface area (Å²) >= 11 is 12.0. The third kappa shape index (κ3) is 4.00. The van der Waals surface area contributed by atoms with Crippen LogP contribution in [-0.2, 0) is 0 Å². The largest absolute Gasteiger partial charge is 0.368 e. The second kappa shape index (κ2) is 7.44. The monoisotopic (exact) mass is 337 g/mol. The summed E-state index contributed by atoms with van der Waals surface area (Å²) in [5.41, 5.74) is 1.43. The van der Waals surface area contributed by atoms with E-state index in [1.54, 1.807) is 12.1 Å². The Kier molecular flexibility index (Phi) is 5.34. The standard InChI is InChI=1S/C16H19Cl2N4/c17-12-9-14-15(10-13(12)18)21-16(11-20-14)19-5-1-2-6-22-7-3-4-8-22/h9-10H,1-8H2,(H,19,21). The quantitative estimate of drug-likeness (QED) is 0.808. The maximum atomic E-state index is 6.01. The maximum Gasteiger partial charge on any atom is 0.155 e. The van der Waals surface area contributed by atoms with Crippen LogP contribution in [0.4, 0.5) is 5.82 Å². The number of nitrogens with one attached hydrogen (secondary N) is 1. The molecule has 22 heavy (non-hydrogen) atoms. The Morgan fingerprint density at radius 3 is 2.59 bits per heavy atom. The highest BCUT2D eigenvalue weighted by Gasteiger charge is 2.10. The van der Waals surface area contributed by atoms with Gasteiger partial charge in [-0.2, -0.15) is 0 Å². The van der Waals surface area contributed by atoms with Crippen molar-refractivity contribution in [3.8, 4) is 0 Å². The second-order valence-electron chi connectivity index (χ2n) is 5.62. The lowest BCUT2D eigenvalue weighted by Crippen LogP contribution is -2.20. The van der Waals surface area contributed by atoms with Crippen molar-refractivity contribution in [2.75, 3.05) is 31.5 Å². The van der Waals surface area contributed by atoms with Crippen LogP contribution in [0.25, 0.3) is 11.0 Å². The molecule has 0 atom stereocenters. The molecule has 3 rings (SSSR count). The lowest BCUT2D eigenvalue weighted by molar-refractivity contribution is 0.331. The molecule has 0 bridgehead atoms. The van der Waals surface area contributed by atoms with Gasteiger partial charge in [0.25, 0.3) is 0 Å². The van der Waals surface area contributed by atoms with E-state index >= 15 is 0 Å². The molecule has 1 N–H and O–H groups in total. The van der Waals surface area contributed by atoms with E-state index in [0.717, 1.165) is 18.5 Å². The number of hydrogen-bond donors (Lipinski definition) is 1.